The summed E-state index contributed by atoms with van der Waals surface area (Å²) >= 11 is 0. The third-order valence-electron chi connectivity index (χ3n) is 1.93. The third-order valence-corrected chi connectivity index (χ3v) is 1.93. The number of aromatic nitrogens is 4. The summed E-state index contributed by atoms with van der Waals surface area (Å²) in [6.07, 6.45) is 0. The molecule has 0 radical (unpaired) electrons. The first kappa shape index (κ1) is 9.28. The number of aromatic amines is 2. The van der Waals surface area contributed by atoms with Crippen LogP contribution in [0.2, 0.25) is 0 Å². The average Bonchev–Trinajstić information content (AvgIpc) is 2.82. The van der Waals surface area contributed by atoms with Crippen LogP contribution in [0.15, 0.2) is 24.3 Å². The minimum atomic E-state index is -0.328. The monoisotopic (exact) mass is 205 g/mol. The number of nitrogen functional groups attached to an aromatic ring is 1. The second-order valence-corrected chi connectivity index (χ2v) is 2.84. The number of benzene rings is 1. The van der Waals surface area contributed by atoms with Gasteiger partial charge < -0.3 is 0 Å². The molecule has 0 aliphatic carbocycles. The summed E-state index contributed by atoms with van der Waals surface area (Å²) in [5, 5.41) is 12.6. The number of H-pyrrole nitrogens is 2. The molecule has 7 nitrogen and oxygen atoms in total. The minimum Gasteiger partial charge on any atom is -0.290 e. The smallest absolute Gasteiger partial charge is 0.290 e. The van der Waals surface area contributed by atoms with Crippen LogP contribution in [0.3, 0.4) is 0 Å². The predicted molar refractivity (Wildman–Crippen MR) is 50.0 cm³/mol. The molecule has 0 atom stereocenters. The van der Waals surface area contributed by atoms with E-state index in [1.165, 1.54) is 0 Å². The van der Waals surface area contributed by atoms with Gasteiger partial charge in [0.15, 0.2) is 5.21 Å². The molecule has 2 aromatic rings. The van der Waals surface area contributed by atoms with Crippen molar-refractivity contribution in [2.75, 3.05) is 0 Å². The molecule has 0 saturated heterocycles. The van der Waals surface area contributed by atoms with Gasteiger partial charge in [-0.25, -0.2) is 5.84 Å². The molecule has 1 aromatic carbocycles. The number of nitrogens with one attached hydrogen (secondary N) is 3. The van der Waals surface area contributed by atoms with Gasteiger partial charge >= 0.3 is 5.82 Å². The van der Waals surface area contributed by atoms with Crippen LogP contribution in [0.5, 0.6) is 0 Å². The summed E-state index contributed by atoms with van der Waals surface area (Å²) in [5.41, 5.74) is 3.38. The fourth-order valence-corrected chi connectivity index (χ4v) is 1.17. The number of carbonyl (C=O) groups excluding carboxylic acids is 1. The van der Waals surface area contributed by atoms with E-state index in [1.807, 2.05) is 0 Å². The van der Waals surface area contributed by atoms with Crippen LogP contribution >= 0.6 is 0 Å². The molecule has 0 unspecified atom stereocenters. The average molecular weight is 205 g/mol. The maximum absolute atomic E-state index is 11.1. The highest BCUT2D eigenvalue weighted by Gasteiger charge is 2.10. The number of carbonyl (C=O) groups is 1. The zero-order chi connectivity index (χ0) is 10.7. The van der Waals surface area contributed by atoms with Crippen LogP contribution in [0, 0.1) is 0 Å². The number of nitrogens with two attached hydrogens (primary N) is 1. The van der Waals surface area contributed by atoms with Crippen molar-refractivity contribution in [3.05, 3.63) is 29.8 Å². The summed E-state index contributed by atoms with van der Waals surface area (Å²) in [5.74, 6) is 5.28. The normalized spacial score (nSPS) is 9.93. The first-order valence-corrected chi connectivity index (χ1v) is 4.21. The number of nitrogens with zero attached hydrogens (tertiary/aromatic N) is 2. The molecule has 5 N–H and O–H groups in total. The Morgan fingerprint density at radius 1 is 1.40 bits per heavy atom. The summed E-state index contributed by atoms with van der Waals surface area (Å²) in [6, 6.07) is 6.80. The number of hydrogen-bond acceptors (Lipinski definition) is 4. The SMILES string of the molecule is NNC(=O)c1ccc(-c2nn[nH][nH+]2)cc1. The number of rotatable bonds is 2. The largest absolute Gasteiger partial charge is 0.329 e. The van der Waals surface area contributed by atoms with Crippen molar-refractivity contribution in [2.24, 2.45) is 5.84 Å². The van der Waals surface area contributed by atoms with Gasteiger partial charge in [0.2, 0.25) is 0 Å². The molecular formula is C8H9N6O+. The standard InChI is InChI=1S/C8H8N6O/c9-10-8(15)6-3-1-5(2-4-6)7-11-13-14-12-7/h1-4H,9H2,(H,10,15)(H,11,12,13,14)/p+1. The van der Waals surface area contributed by atoms with E-state index in [4.69, 9.17) is 5.84 Å². The van der Waals surface area contributed by atoms with E-state index in [2.05, 4.69) is 26.0 Å². The quantitative estimate of drug-likeness (QED) is 0.328. The van der Waals surface area contributed by atoms with Gasteiger partial charge in [0.05, 0.1) is 5.56 Å². The number of hydrazine groups is 1. The molecule has 15 heavy (non-hydrogen) atoms. The number of amides is 1. The molecule has 0 aliphatic heterocycles. The van der Waals surface area contributed by atoms with Crippen molar-refractivity contribution in [1.29, 1.82) is 0 Å². The van der Waals surface area contributed by atoms with Gasteiger partial charge in [0, 0.05) is 5.56 Å². The molecule has 76 valence electrons. The molecule has 2 rings (SSSR count). The van der Waals surface area contributed by atoms with Gasteiger partial charge in [-0.05, 0) is 24.3 Å². The predicted octanol–water partition coefficient (Wildman–Crippen LogP) is -1.11. The van der Waals surface area contributed by atoms with Crippen molar-refractivity contribution in [3.8, 4) is 11.4 Å². The second-order valence-electron chi connectivity index (χ2n) is 2.84. The van der Waals surface area contributed by atoms with Crippen molar-refractivity contribution in [3.63, 3.8) is 0 Å². The van der Waals surface area contributed by atoms with Crippen LogP contribution in [0.1, 0.15) is 10.4 Å². The van der Waals surface area contributed by atoms with Gasteiger partial charge in [0.25, 0.3) is 5.91 Å². The van der Waals surface area contributed by atoms with E-state index >= 15 is 0 Å². The van der Waals surface area contributed by atoms with Crippen LogP contribution in [0.25, 0.3) is 11.4 Å². The zero-order valence-corrected chi connectivity index (χ0v) is 7.69. The van der Waals surface area contributed by atoms with Gasteiger partial charge in [-0.2, -0.15) is 5.10 Å². The van der Waals surface area contributed by atoms with E-state index in [1.54, 1.807) is 24.3 Å². The third kappa shape index (κ3) is 1.81. The molecule has 0 aliphatic rings. The maximum Gasteiger partial charge on any atom is 0.329 e. The van der Waals surface area contributed by atoms with E-state index in [-0.39, 0.29) is 5.91 Å². The summed E-state index contributed by atoms with van der Waals surface area (Å²) < 4.78 is 0. The summed E-state index contributed by atoms with van der Waals surface area (Å²) in [7, 11) is 0. The molecular weight excluding hydrogens is 196 g/mol. The van der Waals surface area contributed by atoms with Gasteiger partial charge in [0.1, 0.15) is 5.10 Å². The Morgan fingerprint density at radius 3 is 2.67 bits per heavy atom. The van der Waals surface area contributed by atoms with Gasteiger partial charge in [-0.3, -0.25) is 10.2 Å². The Hall–Kier alpha value is -2.28. The Labute approximate surface area is 84.6 Å². The number of hydrogen-bond donors (Lipinski definition) is 3. The van der Waals surface area contributed by atoms with Crippen LogP contribution < -0.4 is 16.4 Å². The summed E-state index contributed by atoms with van der Waals surface area (Å²) in [4.78, 5) is 11.1. The molecule has 0 saturated carbocycles. The van der Waals surface area contributed by atoms with E-state index in [0.717, 1.165) is 5.56 Å². The molecule has 1 amide bonds. The van der Waals surface area contributed by atoms with Crippen LogP contribution in [-0.2, 0) is 0 Å². The highest BCUT2D eigenvalue weighted by atomic mass is 16.2. The maximum atomic E-state index is 11.1. The Kier molecular flexibility index (Phi) is 2.38. The second kappa shape index (κ2) is 3.84. The first-order valence-electron chi connectivity index (χ1n) is 4.21. The topological polar surface area (TPSA) is 111 Å². The summed E-state index contributed by atoms with van der Waals surface area (Å²) in [6.45, 7) is 0. The van der Waals surface area contributed by atoms with Crippen molar-refractivity contribution >= 4 is 5.91 Å². The lowest BCUT2D eigenvalue weighted by Gasteiger charge is -1.98. The van der Waals surface area contributed by atoms with Crippen molar-refractivity contribution in [1.82, 2.24) is 21.0 Å². The highest BCUT2D eigenvalue weighted by molar-refractivity contribution is 5.94. The lowest BCUT2D eigenvalue weighted by atomic mass is 10.1. The van der Waals surface area contributed by atoms with E-state index in [9.17, 15) is 4.79 Å². The first-order chi connectivity index (χ1) is 7.31. The van der Waals surface area contributed by atoms with Crippen molar-refractivity contribution in [2.45, 2.75) is 0 Å². The lowest BCUT2D eigenvalue weighted by Crippen LogP contribution is -2.29. The molecule has 1 heterocycles. The minimum absolute atomic E-state index is 0.328. The van der Waals surface area contributed by atoms with E-state index in [0.29, 0.717) is 11.4 Å². The van der Waals surface area contributed by atoms with E-state index < -0.39 is 0 Å². The molecule has 0 spiro atoms. The Bertz CT molecular complexity index is 448. The fourth-order valence-electron chi connectivity index (χ4n) is 1.17. The molecule has 7 heteroatoms. The zero-order valence-electron chi connectivity index (χ0n) is 7.69. The molecule has 0 bridgehead atoms. The van der Waals surface area contributed by atoms with Gasteiger partial charge in [-0.1, -0.05) is 5.21 Å². The highest BCUT2D eigenvalue weighted by Crippen LogP contribution is 2.11. The number of tetrazole rings is 1. The van der Waals surface area contributed by atoms with Crippen molar-refractivity contribution < 1.29 is 9.89 Å². The molecule has 1 aromatic heterocycles. The van der Waals surface area contributed by atoms with Crippen LogP contribution in [-0.4, -0.2) is 21.4 Å². The van der Waals surface area contributed by atoms with Gasteiger partial charge in [-0.15, -0.1) is 0 Å². The lowest BCUT2D eigenvalue weighted by molar-refractivity contribution is -0.444. The Morgan fingerprint density at radius 2 is 2.13 bits per heavy atom. The molecule has 0 fully saturated rings. The fraction of sp³-hybridized carbons (Fsp3) is 0. The van der Waals surface area contributed by atoms with Crippen LogP contribution in [0.4, 0.5) is 0 Å². The Balaban J connectivity index is 2.29.